The van der Waals surface area contributed by atoms with Crippen LogP contribution < -0.4 is 0 Å². The molecular weight excluding hydrogens is 306 g/mol. The highest BCUT2D eigenvalue weighted by molar-refractivity contribution is 5.81. The summed E-state index contributed by atoms with van der Waals surface area (Å²) in [5.41, 5.74) is -1.08. The Labute approximate surface area is 143 Å². The molecule has 1 aromatic carbocycles. The maximum absolute atomic E-state index is 12.9. The zero-order valence-electron chi connectivity index (χ0n) is 14.3. The van der Waals surface area contributed by atoms with Gasteiger partial charge in [-0.25, -0.2) is 4.79 Å². The summed E-state index contributed by atoms with van der Waals surface area (Å²) in [5, 5.41) is 11.1. The highest BCUT2D eigenvalue weighted by Gasteiger charge is 2.43. The number of carbonyl (C=O) groups is 1. The van der Waals surface area contributed by atoms with Crippen LogP contribution in [0.5, 0.6) is 0 Å². The molecule has 0 aromatic heterocycles. The first-order valence-corrected chi connectivity index (χ1v) is 8.92. The number of benzene rings is 1. The Bertz CT molecular complexity index is 542. The van der Waals surface area contributed by atoms with Crippen molar-refractivity contribution in [3.63, 3.8) is 0 Å². The van der Waals surface area contributed by atoms with Gasteiger partial charge < -0.3 is 14.6 Å². The van der Waals surface area contributed by atoms with E-state index in [2.05, 4.69) is 4.90 Å². The minimum absolute atomic E-state index is 0.109. The average Bonchev–Trinajstić information content (AvgIpc) is 2.63. The van der Waals surface area contributed by atoms with Crippen molar-refractivity contribution >= 4 is 5.97 Å². The van der Waals surface area contributed by atoms with Gasteiger partial charge in [-0.15, -0.1) is 0 Å². The maximum atomic E-state index is 12.9. The number of fused-ring (bicyclic) bond motifs is 3. The maximum Gasteiger partial charge on any atom is 0.343 e. The second-order valence-corrected chi connectivity index (χ2v) is 6.76. The molecule has 2 bridgehead atoms. The molecule has 0 saturated carbocycles. The van der Waals surface area contributed by atoms with Crippen molar-refractivity contribution in [3.05, 3.63) is 35.9 Å². The van der Waals surface area contributed by atoms with Crippen LogP contribution in [0.4, 0.5) is 0 Å². The van der Waals surface area contributed by atoms with Crippen molar-refractivity contribution < 1.29 is 19.4 Å². The lowest BCUT2D eigenvalue weighted by Gasteiger charge is -2.44. The van der Waals surface area contributed by atoms with E-state index in [1.54, 1.807) is 12.1 Å². The molecule has 3 heterocycles. The Kier molecular flexibility index (Phi) is 5.54. The lowest BCUT2D eigenvalue weighted by atomic mass is 9.85. The summed E-state index contributed by atoms with van der Waals surface area (Å²) in [6.07, 6.45) is 2.23. The smallest absolute Gasteiger partial charge is 0.343 e. The molecule has 5 nitrogen and oxygen atoms in total. The SMILES string of the molecule is CCOCCC(O)(C(=O)OC1CN2CCC1CC2)c1ccccc1. The van der Waals surface area contributed by atoms with Crippen LogP contribution in [0.1, 0.15) is 31.7 Å². The molecule has 3 saturated heterocycles. The summed E-state index contributed by atoms with van der Waals surface area (Å²) in [4.78, 5) is 15.2. The van der Waals surface area contributed by atoms with Gasteiger partial charge in [-0.3, -0.25) is 4.90 Å². The van der Waals surface area contributed by atoms with Gasteiger partial charge in [-0.05, 0) is 44.3 Å². The third-order valence-electron chi connectivity index (χ3n) is 5.26. The number of hydrogen-bond donors (Lipinski definition) is 1. The topological polar surface area (TPSA) is 59.0 Å². The van der Waals surface area contributed by atoms with E-state index in [1.807, 2.05) is 25.1 Å². The molecule has 1 aromatic rings. The van der Waals surface area contributed by atoms with Gasteiger partial charge in [-0.2, -0.15) is 0 Å². The van der Waals surface area contributed by atoms with Crippen molar-refractivity contribution in [3.8, 4) is 0 Å². The summed E-state index contributed by atoms with van der Waals surface area (Å²) in [5.74, 6) is -0.127. The van der Waals surface area contributed by atoms with E-state index in [9.17, 15) is 9.90 Å². The quantitative estimate of drug-likeness (QED) is 0.610. The van der Waals surface area contributed by atoms with E-state index in [1.165, 1.54) is 0 Å². The molecule has 0 spiro atoms. The fourth-order valence-electron chi connectivity index (χ4n) is 3.72. The Morgan fingerprint density at radius 1 is 1.29 bits per heavy atom. The molecule has 0 amide bonds. The average molecular weight is 333 g/mol. The number of nitrogens with zero attached hydrogens (tertiary/aromatic N) is 1. The summed E-state index contributed by atoms with van der Waals surface area (Å²) in [6.45, 7) is 5.73. The predicted octanol–water partition coefficient (Wildman–Crippen LogP) is 1.94. The molecule has 3 aliphatic rings. The van der Waals surface area contributed by atoms with Gasteiger partial charge in [0, 0.05) is 19.6 Å². The summed E-state index contributed by atoms with van der Waals surface area (Å²) >= 11 is 0. The third-order valence-corrected chi connectivity index (χ3v) is 5.26. The van der Waals surface area contributed by atoms with Crippen LogP contribution >= 0.6 is 0 Å². The molecule has 5 heteroatoms. The molecule has 3 fully saturated rings. The van der Waals surface area contributed by atoms with Crippen LogP contribution in [-0.4, -0.2) is 54.9 Å². The van der Waals surface area contributed by atoms with Crippen LogP contribution in [0, 0.1) is 5.92 Å². The first kappa shape index (κ1) is 17.4. The van der Waals surface area contributed by atoms with Crippen molar-refractivity contribution in [1.82, 2.24) is 4.90 Å². The predicted molar refractivity (Wildman–Crippen MR) is 90.5 cm³/mol. The van der Waals surface area contributed by atoms with Gasteiger partial charge in [-0.1, -0.05) is 30.3 Å². The van der Waals surface area contributed by atoms with E-state index in [0.717, 1.165) is 32.5 Å². The summed E-state index contributed by atoms with van der Waals surface area (Å²) in [6, 6.07) is 9.05. The van der Waals surface area contributed by atoms with Gasteiger partial charge in [0.15, 0.2) is 5.60 Å². The molecule has 3 aliphatic heterocycles. The van der Waals surface area contributed by atoms with Crippen LogP contribution in [-0.2, 0) is 19.9 Å². The Morgan fingerprint density at radius 3 is 2.58 bits per heavy atom. The number of piperidine rings is 3. The normalized spacial score (nSPS) is 28.3. The Balaban J connectivity index is 1.73. The van der Waals surface area contributed by atoms with E-state index in [0.29, 0.717) is 24.7 Å². The van der Waals surface area contributed by atoms with Gasteiger partial charge in [0.05, 0.1) is 6.61 Å². The first-order chi connectivity index (χ1) is 11.6. The summed E-state index contributed by atoms with van der Waals surface area (Å²) < 4.78 is 11.2. The number of esters is 1. The number of ether oxygens (including phenoxy) is 2. The number of rotatable bonds is 7. The van der Waals surface area contributed by atoms with Crippen LogP contribution in [0.2, 0.25) is 0 Å². The van der Waals surface area contributed by atoms with E-state index >= 15 is 0 Å². The molecule has 0 radical (unpaired) electrons. The largest absolute Gasteiger partial charge is 0.458 e. The summed E-state index contributed by atoms with van der Waals surface area (Å²) in [7, 11) is 0. The van der Waals surface area contributed by atoms with Crippen molar-refractivity contribution in [2.45, 2.75) is 37.9 Å². The van der Waals surface area contributed by atoms with Crippen molar-refractivity contribution in [2.24, 2.45) is 5.92 Å². The van der Waals surface area contributed by atoms with Gasteiger partial charge >= 0.3 is 5.97 Å². The fraction of sp³-hybridized carbons (Fsp3) is 0.632. The molecule has 132 valence electrons. The number of aliphatic hydroxyl groups is 1. The van der Waals surface area contributed by atoms with Gasteiger partial charge in [0.2, 0.25) is 0 Å². The Hall–Kier alpha value is -1.43. The molecule has 2 atom stereocenters. The zero-order chi connectivity index (χ0) is 17.0. The molecule has 4 rings (SSSR count). The minimum Gasteiger partial charge on any atom is -0.458 e. The van der Waals surface area contributed by atoms with Crippen molar-refractivity contribution in [2.75, 3.05) is 32.8 Å². The van der Waals surface area contributed by atoms with Gasteiger partial charge in [0.25, 0.3) is 0 Å². The minimum atomic E-state index is -1.65. The number of carbonyl (C=O) groups excluding carboxylic acids is 1. The molecule has 24 heavy (non-hydrogen) atoms. The second kappa shape index (κ2) is 7.64. The van der Waals surface area contributed by atoms with E-state index in [4.69, 9.17) is 9.47 Å². The zero-order valence-corrected chi connectivity index (χ0v) is 14.3. The molecule has 1 N–H and O–H groups in total. The van der Waals surface area contributed by atoms with E-state index in [-0.39, 0.29) is 12.5 Å². The van der Waals surface area contributed by atoms with E-state index < -0.39 is 11.6 Å². The monoisotopic (exact) mass is 333 g/mol. The third kappa shape index (κ3) is 3.63. The highest BCUT2D eigenvalue weighted by Crippen LogP contribution is 2.33. The lowest BCUT2D eigenvalue weighted by molar-refractivity contribution is -0.183. The van der Waals surface area contributed by atoms with Crippen LogP contribution in [0.25, 0.3) is 0 Å². The van der Waals surface area contributed by atoms with Crippen molar-refractivity contribution in [1.29, 1.82) is 0 Å². The first-order valence-electron chi connectivity index (χ1n) is 8.92. The fourth-order valence-corrected chi connectivity index (χ4v) is 3.72. The standard InChI is InChI=1S/C19H27NO4/c1-2-23-13-10-19(22,16-6-4-3-5-7-16)18(21)24-17-14-20-11-8-15(17)9-12-20/h3-7,15,17,22H,2,8-14H2,1H3. The Morgan fingerprint density at radius 2 is 2.00 bits per heavy atom. The molecule has 0 aliphatic carbocycles. The number of hydrogen-bond acceptors (Lipinski definition) is 5. The highest BCUT2D eigenvalue weighted by atomic mass is 16.6. The van der Waals surface area contributed by atoms with Gasteiger partial charge in [0.1, 0.15) is 6.10 Å². The van der Waals surface area contributed by atoms with Crippen LogP contribution in [0.15, 0.2) is 30.3 Å². The molecule has 2 unspecified atom stereocenters. The lowest BCUT2D eigenvalue weighted by Crippen LogP contribution is -2.53. The van der Waals surface area contributed by atoms with Crippen LogP contribution in [0.3, 0.4) is 0 Å². The molecular formula is C19H27NO4. The second-order valence-electron chi connectivity index (χ2n) is 6.76.